The zero-order valence-corrected chi connectivity index (χ0v) is 21.6. The van der Waals surface area contributed by atoms with Crippen LogP contribution in [0.25, 0.3) is 10.8 Å². The Morgan fingerprint density at radius 3 is 2.50 bits per heavy atom. The van der Waals surface area contributed by atoms with Gasteiger partial charge in [0.1, 0.15) is 23.5 Å². The minimum Gasteiger partial charge on any atom is -0.461 e. The number of fused-ring (bicyclic) bond motifs is 2. The SMILES string of the molecule is CCOC(=O)c1cc2n(n1)C(c1ccc(C(F)(F)F)c(F)c1)C(C(=O)Nc1ncc(C)c3ccccc13)=C(C)N2. The van der Waals surface area contributed by atoms with Gasteiger partial charge in [0.25, 0.3) is 5.91 Å². The Balaban J connectivity index is 1.62. The molecular weight excluding hydrogens is 530 g/mol. The van der Waals surface area contributed by atoms with Crippen LogP contribution >= 0.6 is 0 Å². The number of hydrogen-bond donors (Lipinski definition) is 2. The quantitative estimate of drug-likeness (QED) is 0.232. The van der Waals surface area contributed by atoms with Crippen LogP contribution in [0.3, 0.4) is 0 Å². The number of hydrogen-bond acceptors (Lipinski definition) is 6. The summed E-state index contributed by atoms with van der Waals surface area (Å²) in [6, 6.07) is 9.95. The van der Waals surface area contributed by atoms with Crippen molar-refractivity contribution in [3.8, 4) is 0 Å². The normalized spacial score (nSPS) is 15.0. The first-order valence-electron chi connectivity index (χ1n) is 12.3. The van der Waals surface area contributed by atoms with Crippen LogP contribution in [0.1, 0.15) is 47.1 Å². The lowest BCUT2D eigenvalue weighted by Crippen LogP contribution is -2.31. The minimum atomic E-state index is -4.91. The number of allylic oxidation sites excluding steroid dienone is 1. The maximum atomic E-state index is 14.7. The Kier molecular flexibility index (Phi) is 6.78. The number of carbonyl (C=O) groups is 2. The van der Waals surface area contributed by atoms with Gasteiger partial charge in [0.2, 0.25) is 0 Å². The zero-order valence-electron chi connectivity index (χ0n) is 21.6. The van der Waals surface area contributed by atoms with Crippen molar-refractivity contribution in [1.29, 1.82) is 0 Å². The average Bonchev–Trinajstić information content (AvgIpc) is 3.32. The number of ether oxygens (including phenoxy) is 1. The molecule has 0 spiro atoms. The number of halogens is 4. The molecule has 12 heteroatoms. The lowest BCUT2D eigenvalue weighted by atomic mass is 9.93. The largest absolute Gasteiger partial charge is 0.461 e. The fourth-order valence-corrected chi connectivity index (χ4v) is 4.72. The van der Waals surface area contributed by atoms with Gasteiger partial charge < -0.3 is 15.4 Å². The molecule has 2 aromatic heterocycles. The molecule has 2 N–H and O–H groups in total. The van der Waals surface area contributed by atoms with Gasteiger partial charge in [-0.25, -0.2) is 18.9 Å². The number of pyridine rings is 1. The summed E-state index contributed by atoms with van der Waals surface area (Å²) in [6.07, 6.45) is -3.30. The fraction of sp³-hybridized carbons (Fsp3) is 0.214. The van der Waals surface area contributed by atoms with Crippen LogP contribution in [0.15, 0.2) is 66.0 Å². The van der Waals surface area contributed by atoms with Gasteiger partial charge in [-0.1, -0.05) is 30.3 Å². The molecule has 206 valence electrons. The first kappa shape index (κ1) is 26.9. The molecule has 0 aliphatic carbocycles. The highest BCUT2D eigenvalue weighted by Gasteiger charge is 2.38. The van der Waals surface area contributed by atoms with Crippen molar-refractivity contribution in [2.75, 3.05) is 17.2 Å². The van der Waals surface area contributed by atoms with Gasteiger partial charge in [0, 0.05) is 23.3 Å². The van der Waals surface area contributed by atoms with E-state index in [0.717, 1.165) is 17.0 Å². The number of anilines is 2. The van der Waals surface area contributed by atoms with Crippen LogP contribution in [-0.4, -0.2) is 33.2 Å². The van der Waals surface area contributed by atoms with Crippen molar-refractivity contribution in [3.63, 3.8) is 0 Å². The van der Waals surface area contributed by atoms with Gasteiger partial charge in [0.05, 0.1) is 17.7 Å². The number of rotatable bonds is 5. The summed E-state index contributed by atoms with van der Waals surface area (Å²) >= 11 is 0. The standard InChI is InChI=1S/C28H23F4N5O3/c1-4-40-27(39)21-12-22-34-15(3)23(26(38)35-25-18-8-6-5-7-17(18)14(2)13-33-25)24(37(22)36-21)16-9-10-19(20(29)11-16)28(30,31)32/h5-13,24,34H,4H2,1-3H3,(H,33,35,38). The zero-order chi connectivity index (χ0) is 28.8. The molecule has 0 bridgehead atoms. The van der Waals surface area contributed by atoms with Crippen molar-refractivity contribution in [2.45, 2.75) is 33.0 Å². The van der Waals surface area contributed by atoms with Crippen LogP contribution in [-0.2, 0) is 15.7 Å². The van der Waals surface area contributed by atoms with Crippen LogP contribution in [0, 0.1) is 12.7 Å². The van der Waals surface area contributed by atoms with Crippen LogP contribution in [0.5, 0.6) is 0 Å². The summed E-state index contributed by atoms with van der Waals surface area (Å²) in [5.41, 5.74) is -0.270. The van der Waals surface area contributed by atoms with Gasteiger partial charge in [-0.2, -0.15) is 18.3 Å². The predicted octanol–water partition coefficient (Wildman–Crippen LogP) is 6.00. The molecule has 0 radical (unpaired) electrons. The third-order valence-electron chi connectivity index (χ3n) is 6.54. The summed E-state index contributed by atoms with van der Waals surface area (Å²) in [5.74, 6) is -2.35. The number of alkyl halides is 3. The highest BCUT2D eigenvalue weighted by Crippen LogP contribution is 2.39. The van der Waals surface area contributed by atoms with Crippen molar-refractivity contribution < 1.29 is 31.9 Å². The summed E-state index contributed by atoms with van der Waals surface area (Å²) in [6.45, 7) is 5.18. The molecule has 3 heterocycles. The molecule has 5 rings (SSSR count). The second-order valence-electron chi connectivity index (χ2n) is 9.17. The van der Waals surface area contributed by atoms with E-state index in [1.807, 2.05) is 19.1 Å². The Labute approximate surface area is 225 Å². The Bertz CT molecular complexity index is 1690. The first-order chi connectivity index (χ1) is 19.0. The number of aryl methyl sites for hydroxylation is 1. The van der Waals surface area contributed by atoms with E-state index in [9.17, 15) is 27.2 Å². The second-order valence-corrected chi connectivity index (χ2v) is 9.17. The third-order valence-corrected chi connectivity index (χ3v) is 6.54. The van der Waals surface area contributed by atoms with Gasteiger partial charge in [-0.05, 0) is 49.4 Å². The van der Waals surface area contributed by atoms with E-state index < -0.39 is 35.5 Å². The molecular formula is C28H23F4N5O3. The second kappa shape index (κ2) is 10.1. The molecule has 1 aliphatic rings. The molecule has 0 saturated carbocycles. The minimum absolute atomic E-state index is 0.0120. The maximum absolute atomic E-state index is 14.7. The van der Waals surface area contributed by atoms with E-state index in [-0.39, 0.29) is 35.1 Å². The summed E-state index contributed by atoms with van der Waals surface area (Å²) in [4.78, 5) is 30.6. The number of benzene rings is 2. The van der Waals surface area contributed by atoms with Crippen molar-refractivity contribution >= 4 is 34.3 Å². The third kappa shape index (κ3) is 4.76. The van der Waals surface area contributed by atoms with E-state index in [1.54, 1.807) is 32.2 Å². The van der Waals surface area contributed by atoms with E-state index in [4.69, 9.17) is 4.74 Å². The van der Waals surface area contributed by atoms with E-state index in [0.29, 0.717) is 23.2 Å². The number of esters is 1. The van der Waals surface area contributed by atoms with Crippen molar-refractivity contribution in [3.05, 3.63) is 94.2 Å². The van der Waals surface area contributed by atoms with Gasteiger partial charge in [-0.3, -0.25) is 4.79 Å². The van der Waals surface area contributed by atoms with Crippen LogP contribution in [0.4, 0.5) is 29.2 Å². The van der Waals surface area contributed by atoms with E-state index in [1.165, 1.54) is 10.7 Å². The first-order valence-corrected chi connectivity index (χ1v) is 12.3. The molecule has 40 heavy (non-hydrogen) atoms. The lowest BCUT2D eigenvalue weighted by molar-refractivity contribution is -0.140. The number of carbonyl (C=O) groups excluding carboxylic acids is 2. The summed E-state index contributed by atoms with van der Waals surface area (Å²) in [5, 5.41) is 11.6. The molecule has 2 aromatic carbocycles. The van der Waals surface area contributed by atoms with Gasteiger partial charge in [0.15, 0.2) is 5.69 Å². The molecule has 1 aliphatic heterocycles. The lowest BCUT2D eigenvalue weighted by Gasteiger charge is -2.30. The predicted molar refractivity (Wildman–Crippen MR) is 139 cm³/mol. The smallest absolute Gasteiger partial charge is 0.419 e. The molecule has 8 nitrogen and oxygen atoms in total. The molecule has 1 atom stereocenters. The number of amides is 1. The van der Waals surface area contributed by atoms with Gasteiger partial charge >= 0.3 is 12.1 Å². The fourth-order valence-electron chi connectivity index (χ4n) is 4.72. The Morgan fingerprint density at radius 2 is 1.82 bits per heavy atom. The average molecular weight is 554 g/mol. The monoisotopic (exact) mass is 553 g/mol. The molecule has 0 fully saturated rings. The van der Waals surface area contributed by atoms with Crippen molar-refractivity contribution in [2.24, 2.45) is 0 Å². The van der Waals surface area contributed by atoms with Crippen molar-refractivity contribution in [1.82, 2.24) is 14.8 Å². The highest BCUT2D eigenvalue weighted by atomic mass is 19.4. The van der Waals surface area contributed by atoms with E-state index >= 15 is 0 Å². The maximum Gasteiger partial charge on any atom is 0.419 e. The molecule has 1 amide bonds. The summed E-state index contributed by atoms with van der Waals surface area (Å²) in [7, 11) is 0. The molecule has 0 saturated heterocycles. The van der Waals surface area contributed by atoms with E-state index in [2.05, 4.69) is 20.7 Å². The summed E-state index contributed by atoms with van der Waals surface area (Å²) < 4.78 is 60.9. The number of nitrogens with one attached hydrogen (secondary N) is 2. The molecule has 1 unspecified atom stereocenters. The van der Waals surface area contributed by atoms with Crippen LogP contribution < -0.4 is 10.6 Å². The topological polar surface area (TPSA) is 98.1 Å². The Morgan fingerprint density at radius 1 is 1.10 bits per heavy atom. The van der Waals surface area contributed by atoms with Crippen LogP contribution in [0.2, 0.25) is 0 Å². The molecule has 4 aromatic rings. The van der Waals surface area contributed by atoms with Gasteiger partial charge in [-0.15, -0.1) is 0 Å². The number of nitrogens with zero attached hydrogens (tertiary/aromatic N) is 3. The highest BCUT2D eigenvalue weighted by molar-refractivity contribution is 6.09. The Hall–Kier alpha value is -4.74. The number of aromatic nitrogens is 3.